The Labute approximate surface area is 122 Å². The summed E-state index contributed by atoms with van der Waals surface area (Å²) in [5.74, 6) is 1.62. The highest BCUT2D eigenvalue weighted by Crippen LogP contribution is 2.29. The van der Waals surface area contributed by atoms with Crippen LogP contribution >= 0.6 is 0 Å². The van der Waals surface area contributed by atoms with E-state index in [2.05, 4.69) is 30.5 Å². The number of hydrogen-bond acceptors (Lipinski definition) is 2. The zero-order valence-electron chi connectivity index (χ0n) is 12.8. The van der Waals surface area contributed by atoms with E-state index in [1.807, 2.05) is 12.1 Å². The van der Waals surface area contributed by atoms with Crippen molar-refractivity contribution in [1.82, 2.24) is 0 Å². The van der Waals surface area contributed by atoms with Crippen molar-refractivity contribution >= 4 is 17.3 Å². The highest BCUT2D eigenvalue weighted by atomic mass is 16.1. The van der Waals surface area contributed by atoms with E-state index in [9.17, 15) is 4.79 Å². The molecule has 2 unspecified atom stereocenters. The summed E-state index contributed by atoms with van der Waals surface area (Å²) in [7, 11) is 0. The fourth-order valence-corrected chi connectivity index (χ4v) is 3.09. The maximum Gasteiger partial charge on any atom is 0.221 e. The minimum absolute atomic E-state index is 0.0269. The summed E-state index contributed by atoms with van der Waals surface area (Å²) in [6.07, 6.45) is 5.41. The van der Waals surface area contributed by atoms with Gasteiger partial charge in [-0.25, -0.2) is 0 Å². The van der Waals surface area contributed by atoms with Gasteiger partial charge in [0.2, 0.25) is 5.91 Å². The van der Waals surface area contributed by atoms with E-state index < -0.39 is 0 Å². The summed E-state index contributed by atoms with van der Waals surface area (Å²) < 4.78 is 0. The number of aryl methyl sites for hydroxylation is 1. The number of hydrogen-bond donors (Lipinski definition) is 2. The van der Waals surface area contributed by atoms with Gasteiger partial charge >= 0.3 is 0 Å². The average molecular weight is 274 g/mol. The average Bonchev–Trinajstić information content (AvgIpc) is 2.39. The molecule has 0 radical (unpaired) electrons. The van der Waals surface area contributed by atoms with Crippen molar-refractivity contribution in [2.75, 3.05) is 17.2 Å². The first-order valence-electron chi connectivity index (χ1n) is 7.66. The Morgan fingerprint density at radius 2 is 2.15 bits per heavy atom. The molecule has 3 heteroatoms. The van der Waals surface area contributed by atoms with Gasteiger partial charge in [0.15, 0.2) is 0 Å². The van der Waals surface area contributed by atoms with E-state index in [0.717, 1.165) is 29.8 Å². The summed E-state index contributed by atoms with van der Waals surface area (Å²) in [5.41, 5.74) is 3.22. The minimum Gasteiger partial charge on any atom is -0.384 e. The molecule has 1 saturated carbocycles. The van der Waals surface area contributed by atoms with Crippen molar-refractivity contribution in [2.45, 2.75) is 46.5 Å². The van der Waals surface area contributed by atoms with Crippen molar-refractivity contribution < 1.29 is 4.79 Å². The number of nitrogens with one attached hydrogen (secondary N) is 2. The first-order chi connectivity index (χ1) is 9.54. The summed E-state index contributed by atoms with van der Waals surface area (Å²) in [6.45, 7) is 7.03. The van der Waals surface area contributed by atoms with Crippen LogP contribution in [-0.4, -0.2) is 12.5 Å². The molecule has 110 valence electrons. The van der Waals surface area contributed by atoms with Gasteiger partial charge in [-0.3, -0.25) is 4.79 Å². The van der Waals surface area contributed by atoms with Gasteiger partial charge in [0, 0.05) is 24.8 Å². The molecule has 1 aliphatic carbocycles. The lowest BCUT2D eigenvalue weighted by Gasteiger charge is -2.27. The molecular weight excluding hydrogens is 248 g/mol. The summed E-state index contributed by atoms with van der Waals surface area (Å²) >= 11 is 0. The van der Waals surface area contributed by atoms with Crippen molar-refractivity contribution in [1.29, 1.82) is 0 Å². The van der Waals surface area contributed by atoms with Gasteiger partial charge in [-0.1, -0.05) is 25.8 Å². The number of anilines is 2. The monoisotopic (exact) mass is 274 g/mol. The molecule has 2 rings (SSSR count). The number of carbonyl (C=O) groups is 1. The van der Waals surface area contributed by atoms with Gasteiger partial charge in [-0.15, -0.1) is 0 Å². The van der Waals surface area contributed by atoms with Gasteiger partial charge < -0.3 is 10.6 Å². The van der Waals surface area contributed by atoms with Crippen LogP contribution in [0.4, 0.5) is 11.4 Å². The quantitative estimate of drug-likeness (QED) is 0.864. The predicted molar refractivity (Wildman–Crippen MR) is 85.1 cm³/mol. The number of carbonyl (C=O) groups excluding carboxylic acids is 1. The molecule has 20 heavy (non-hydrogen) atoms. The maximum atomic E-state index is 11.1. The molecule has 1 aromatic carbocycles. The van der Waals surface area contributed by atoms with E-state index in [1.54, 1.807) is 0 Å². The molecule has 0 heterocycles. The third kappa shape index (κ3) is 4.26. The normalized spacial score (nSPS) is 22.4. The van der Waals surface area contributed by atoms with E-state index in [1.165, 1.54) is 38.2 Å². The SMILES string of the molecule is CC(=O)Nc1ccc(C)c(NCC2CCCC(C)C2)c1. The van der Waals surface area contributed by atoms with Gasteiger partial charge in [0.1, 0.15) is 0 Å². The van der Waals surface area contributed by atoms with Crippen molar-refractivity contribution in [3.05, 3.63) is 23.8 Å². The highest BCUT2D eigenvalue weighted by molar-refractivity contribution is 5.89. The van der Waals surface area contributed by atoms with Gasteiger partial charge in [-0.2, -0.15) is 0 Å². The Morgan fingerprint density at radius 3 is 2.85 bits per heavy atom. The Morgan fingerprint density at radius 1 is 1.35 bits per heavy atom. The van der Waals surface area contributed by atoms with Crippen molar-refractivity contribution in [3.63, 3.8) is 0 Å². The topological polar surface area (TPSA) is 41.1 Å². The Kier molecular flexibility index (Phi) is 5.05. The zero-order valence-corrected chi connectivity index (χ0v) is 12.8. The molecule has 1 fully saturated rings. The van der Waals surface area contributed by atoms with E-state index in [4.69, 9.17) is 0 Å². The summed E-state index contributed by atoms with van der Waals surface area (Å²) in [4.78, 5) is 11.1. The second kappa shape index (κ2) is 6.78. The van der Waals surface area contributed by atoms with Crippen molar-refractivity contribution in [3.8, 4) is 0 Å². The van der Waals surface area contributed by atoms with Crippen LogP contribution in [0.25, 0.3) is 0 Å². The Balaban J connectivity index is 1.95. The molecule has 2 atom stereocenters. The Hall–Kier alpha value is -1.51. The lowest BCUT2D eigenvalue weighted by molar-refractivity contribution is -0.114. The van der Waals surface area contributed by atoms with E-state index >= 15 is 0 Å². The zero-order chi connectivity index (χ0) is 14.5. The van der Waals surface area contributed by atoms with Crippen LogP contribution in [0, 0.1) is 18.8 Å². The third-order valence-corrected chi connectivity index (χ3v) is 4.18. The lowest BCUT2D eigenvalue weighted by atomic mass is 9.82. The van der Waals surface area contributed by atoms with Crippen LogP contribution in [0.5, 0.6) is 0 Å². The van der Waals surface area contributed by atoms with Crippen LogP contribution in [0.2, 0.25) is 0 Å². The third-order valence-electron chi connectivity index (χ3n) is 4.18. The van der Waals surface area contributed by atoms with E-state index in [0.29, 0.717) is 0 Å². The molecule has 0 bridgehead atoms. The molecular formula is C17H26N2O. The van der Waals surface area contributed by atoms with Gasteiger partial charge in [0.05, 0.1) is 0 Å². The second-order valence-corrected chi connectivity index (χ2v) is 6.23. The smallest absolute Gasteiger partial charge is 0.221 e. The number of rotatable bonds is 4. The molecule has 0 spiro atoms. The van der Waals surface area contributed by atoms with Crippen LogP contribution in [0.1, 0.15) is 45.1 Å². The first-order valence-corrected chi connectivity index (χ1v) is 7.66. The fourth-order valence-electron chi connectivity index (χ4n) is 3.09. The first kappa shape index (κ1) is 14.9. The number of amides is 1. The van der Waals surface area contributed by atoms with Crippen LogP contribution in [0.15, 0.2) is 18.2 Å². The van der Waals surface area contributed by atoms with Gasteiger partial charge in [-0.05, 0) is 49.3 Å². The molecule has 0 aromatic heterocycles. The fraction of sp³-hybridized carbons (Fsp3) is 0.588. The van der Waals surface area contributed by atoms with Crippen LogP contribution in [0.3, 0.4) is 0 Å². The molecule has 1 amide bonds. The largest absolute Gasteiger partial charge is 0.384 e. The number of benzene rings is 1. The van der Waals surface area contributed by atoms with Crippen LogP contribution in [-0.2, 0) is 4.79 Å². The minimum atomic E-state index is -0.0269. The molecule has 3 nitrogen and oxygen atoms in total. The van der Waals surface area contributed by atoms with Gasteiger partial charge in [0.25, 0.3) is 0 Å². The molecule has 0 aliphatic heterocycles. The lowest BCUT2D eigenvalue weighted by Crippen LogP contribution is -2.21. The molecule has 1 aliphatic rings. The summed E-state index contributed by atoms with van der Waals surface area (Å²) in [5, 5.41) is 6.40. The second-order valence-electron chi connectivity index (χ2n) is 6.23. The van der Waals surface area contributed by atoms with E-state index in [-0.39, 0.29) is 5.91 Å². The highest BCUT2D eigenvalue weighted by Gasteiger charge is 2.18. The van der Waals surface area contributed by atoms with Crippen LogP contribution < -0.4 is 10.6 Å². The molecule has 0 saturated heterocycles. The predicted octanol–water partition coefficient (Wildman–Crippen LogP) is 4.19. The Bertz CT molecular complexity index is 470. The van der Waals surface area contributed by atoms with Crippen molar-refractivity contribution in [2.24, 2.45) is 11.8 Å². The standard InChI is InChI=1S/C17H26N2O/c1-12-5-4-6-15(9-12)11-18-17-10-16(19-14(3)20)8-7-13(17)2/h7-8,10,12,15,18H,4-6,9,11H2,1-3H3,(H,19,20). The maximum absolute atomic E-state index is 11.1. The molecule has 1 aromatic rings. The molecule has 2 N–H and O–H groups in total. The summed E-state index contributed by atoms with van der Waals surface area (Å²) in [6, 6.07) is 6.03.